The summed E-state index contributed by atoms with van der Waals surface area (Å²) in [6.07, 6.45) is 0.144. The van der Waals surface area contributed by atoms with E-state index in [4.69, 9.17) is 11.5 Å². The van der Waals surface area contributed by atoms with Crippen LogP contribution in [0.4, 0.5) is 0 Å². The Kier molecular flexibility index (Phi) is 5.32. The number of nitrogens with two attached hydrogens (primary N) is 2. The van der Waals surface area contributed by atoms with Crippen LogP contribution in [-0.2, 0) is 16.1 Å². The molecule has 0 aliphatic heterocycles. The number of hydrogen-bond acceptors (Lipinski definition) is 3. The third kappa shape index (κ3) is 4.55. The molecule has 0 saturated heterocycles. The lowest BCUT2D eigenvalue weighted by molar-refractivity contribution is -0.133. The van der Waals surface area contributed by atoms with E-state index in [0.29, 0.717) is 13.1 Å². The van der Waals surface area contributed by atoms with Crippen LogP contribution < -0.4 is 11.5 Å². The van der Waals surface area contributed by atoms with E-state index in [9.17, 15) is 9.59 Å². The summed E-state index contributed by atoms with van der Waals surface area (Å²) in [4.78, 5) is 24.3. The Morgan fingerprint density at radius 2 is 1.89 bits per heavy atom. The fourth-order valence-electron chi connectivity index (χ4n) is 1.60. The molecule has 2 amide bonds. The van der Waals surface area contributed by atoms with Gasteiger partial charge in [-0.15, -0.1) is 0 Å². The van der Waals surface area contributed by atoms with Crippen molar-refractivity contribution in [1.29, 1.82) is 0 Å². The Hall–Kier alpha value is -1.88. The summed E-state index contributed by atoms with van der Waals surface area (Å²) in [6, 6.07) is 8.97. The van der Waals surface area contributed by atoms with Gasteiger partial charge >= 0.3 is 0 Å². The molecule has 1 aromatic carbocycles. The van der Waals surface area contributed by atoms with E-state index in [1.165, 1.54) is 0 Å². The molecule has 0 heterocycles. The second kappa shape index (κ2) is 6.76. The number of primary amides is 1. The van der Waals surface area contributed by atoms with Gasteiger partial charge in [-0.05, 0) is 12.5 Å². The maximum Gasteiger partial charge on any atom is 0.239 e. The molecule has 18 heavy (non-hydrogen) atoms. The lowest BCUT2D eigenvalue weighted by Crippen LogP contribution is -2.42. The Balaban J connectivity index is 2.71. The number of amides is 2. The fourth-order valence-corrected chi connectivity index (χ4v) is 1.60. The lowest BCUT2D eigenvalue weighted by atomic mass is 10.2. The van der Waals surface area contributed by atoms with Crippen LogP contribution in [-0.4, -0.2) is 29.3 Å². The molecule has 0 aliphatic carbocycles. The van der Waals surface area contributed by atoms with Crippen molar-refractivity contribution in [2.75, 3.05) is 6.54 Å². The van der Waals surface area contributed by atoms with E-state index in [1.807, 2.05) is 30.3 Å². The number of hydrogen-bond donors (Lipinski definition) is 2. The van der Waals surface area contributed by atoms with E-state index in [0.717, 1.165) is 5.56 Å². The zero-order valence-electron chi connectivity index (χ0n) is 10.5. The monoisotopic (exact) mass is 249 g/mol. The molecule has 0 aromatic heterocycles. The largest absolute Gasteiger partial charge is 0.370 e. The van der Waals surface area contributed by atoms with Crippen molar-refractivity contribution in [2.24, 2.45) is 11.5 Å². The van der Waals surface area contributed by atoms with Gasteiger partial charge in [-0.3, -0.25) is 9.59 Å². The van der Waals surface area contributed by atoms with Crippen molar-refractivity contribution < 1.29 is 9.59 Å². The third-order valence-corrected chi connectivity index (χ3v) is 2.55. The van der Waals surface area contributed by atoms with Crippen LogP contribution in [0.1, 0.15) is 18.9 Å². The van der Waals surface area contributed by atoms with Crippen molar-refractivity contribution in [3.63, 3.8) is 0 Å². The van der Waals surface area contributed by atoms with Gasteiger partial charge in [-0.2, -0.15) is 0 Å². The molecule has 4 N–H and O–H groups in total. The van der Waals surface area contributed by atoms with E-state index in [-0.39, 0.29) is 12.3 Å². The first-order chi connectivity index (χ1) is 8.50. The van der Waals surface area contributed by atoms with Gasteiger partial charge in [0.05, 0.1) is 6.04 Å². The Labute approximate surface area is 107 Å². The van der Waals surface area contributed by atoms with Crippen molar-refractivity contribution >= 4 is 11.8 Å². The highest BCUT2D eigenvalue weighted by Gasteiger charge is 2.18. The number of carbonyl (C=O) groups is 2. The molecule has 1 aromatic rings. The van der Waals surface area contributed by atoms with Crippen LogP contribution in [0.3, 0.4) is 0 Å². The molecule has 0 aliphatic rings. The molecular formula is C13H19N3O2. The van der Waals surface area contributed by atoms with Gasteiger partial charge in [-0.25, -0.2) is 0 Å². The maximum absolute atomic E-state index is 11.9. The van der Waals surface area contributed by atoms with Crippen molar-refractivity contribution in [2.45, 2.75) is 25.9 Å². The summed E-state index contributed by atoms with van der Waals surface area (Å²) >= 11 is 0. The minimum absolute atomic E-state index is 0.144. The van der Waals surface area contributed by atoms with E-state index in [1.54, 1.807) is 11.8 Å². The van der Waals surface area contributed by atoms with Gasteiger partial charge in [-0.1, -0.05) is 30.3 Å². The van der Waals surface area contributed by atoms with E-state index in [2.05, 4.69) is 0 Å². The maximum atomic E-state index is 11.9. The van der Waals surface area contributed by atoms with Crippen LogP contribution >= 0.6 is 0 Å². The van der Waals surface area contributed by atoms with Crippen LogP contribution in [0.2, 0.25) is 0 Å². The summed E-state index contributed by atoms with van der Waals surface area (Å²) in [5.41, 5.74) is 11.7. The summed E-state index contributed by atoms with van der Waals surface area (Å²) in [5.74, 6) is -0.606. The number of benzene rings is 1. The van der Waals surface area contributed by atoms with Crippen LogP contribution in [0.25, 0.3) is 0 Å². The first kappa shape index (κ1) is 14.2. The normalized spacial score (nSPS) is 11.9. The molecule has 0 radical (unpaired) electrons. The Morgan fingerprint density at radius 1 is 1.28 bits per heavy atom. The zero-order valence-corrected chi connectivity index (χ0v) is 10.5. The van der Waals surface area contributed by atoms with Gasteiger partial charge in [0.1, 0.15) is 0 Å². The van der Waals surface area contributed by atoms with Gasteiger partial charge in [0.15, 0.2) is 0 Å². The summed E-state index contributed by atoms with van der Waals surface area (Å²) in [5, 5.41) is 0. The molecule has 0 saturated carbocycles. The number of rotatable bonds is 6. The minimum atomic E-state index is -0.582. The second-order valence-corrected chi connectivity index (χ2v) is 4.25. The molecule has 5 nitrogen and oxygen atoms in total. The van der Waals surface area contributed by atoms with E-state index >= 15 is 0 Å². The highest BCUT2D eigenvalue weighted by atomic mass is 16.2. The highest BCUT2D eigenvalue weighted by molar-refractivity contribution is 5.82. The predicted molar refractivity (Wildman–Crippen MR) is 69.3 cm³/mol. The number of nitrogens with zero attached hydrogens (tertiary/aromatic N) is 1. The van der Waals surface area contributed by atoms with E-state index < -0.39 is 11.9 Å². The van der Waals surface area contributed by atoms with Crippen LogP contribution in [0, 0.1) is 0 Å². The minimum Gasteiger partial charge on any atom is -0.370 e. The summed E-state index contributed by atoms with van der Waals surface area (Å²) < 4.78 is 0. The topological polar surface area (TPSA) is 89.4 Å². The molecule has 98 valence electrons. The van der Waals surface area contributed by atoms with Crippen molar-refractivity contribution in [1.82, 2.24) is 4.90 Å². The molecular weight excluding hydrogens is 230 g/mol. The van der Waals surface area contributed by atoms with Crippen LogP contribution in [0.15, 0.2) is 30.3 Å². The zero-order chi connectivity index (χ0) is 13.5. The van der Waals surface area contributed by atoms with Crippen molar-refractivity contribution in [3.8, 4) is 0 Å². The van der Waals surface area contributed by atoms with Crippen LogP contribution in [0.5, 0.6) is 0 Å². The molecule has 1 atom stereocenters. The quantitative estimate of drug-likeness (QED) is 0.756. The van der Waals surface area contributed by atoms with Gasteiger partial charge < -0.3 is 16.4 Å². The highest BCUT2D eigenvalue weighted by Crippen LogP contribution is 2.06. The predicted octanol–water partition coefficient (Wildman–Crippen LogP) is 0.238. The second-order valence-electron chi connectivity index (χ2n) is 4.25. The standard InChI is InChI=1S/C13H19N3O2/c1-10(14)13(18)16(8-7-12(15)17)9-11-5-3-2-4-6-11/h2-6,10H,7-9,14H2,1H3,(H2,15,17)/t10-/m0/s1. The first-order valence-corrected chi connectivity index (χ1v) is 5.87. The molecule has 0 spiro atoms. The molecule has 0 fully saturated rings. The SMILES string of the molecule is C[C@H](N)C(=O)N(CCC(N)=O)Cc1ccccc1. The number of carbonyl (C=O) groups excluding carboxylic acids is 2. The third-order valence-electron chi connectivity index (χ3n) is 2.55. The first-order valence-electron chi connectivity index (χ1n) is 5.87. The molecule has 5 heteroatoms. The van der Waals surface area contributed by atoms with Gasteiger partial charge in [0, 0.05) is 19.5 Å². The average Bonchev–Trinajstić information content (AvgIpc) is 2.34. The smallest absolute Gasteiger partial charge is 0.239 e. The molecule has 0 unspecified atom stereocenters. The molecule has 0 bridgehead atoms. The summed E-state index contributed by atoms with van der Waals surface area (Å²) in [6.45, 7) is 2.36. The van der Waals surface area contributed by atoms with Gasteiger partial charge in [0.25, 0.3) is 0 Å². The summed E-state index contributed by atoms with van der Waals surface area (Å²) in [7, 11) is 0. The average molecular weight is 249 g/mol. The fraction of sp³-hybridized carbons (Fsp3) is 0.385. The Bertz CT molecular complexity index is 404. The lowest BCUT2D eigenvalue weighted by Gasteiger charge is -2.24. The van der Waals surface area contributed by atoms with Gasteiger partial charge in [0.2, 0.25) is 11.8 Å². The van der Waals surface area contributed by atoms with Crippen molar-refractivity contribution in [3.05, 3.63) is 35.9 Å². The Morgan fingerprint density at radius 3 is 2.39 bits per heavy atom. The molecule has 1 rings (SSSR count).